The van der Waals surface area contributed by atoms with E-state index in [0.29, 0.717) is 15.4 Å². The molecule has 0 saturated heterocycles. The van der Waals surface area contributed by atoms with Crippen LogP contribution in [-0.4, -0.2) is 17.7 Å². The summed E-state index contributed by atoms with van der Waals surface area (Å²) in [7, 11) is 0. The standard InChI is InChI=1S/C17H12BrFO4/c1-2-22-17(21)15-12-8-10(20)4-6-14(12)23-16(15)11-7-9(18)3-5-13(11)19/h3-8,20H,2H2,1H3. The van der Waals surface area contributed by atoms with E-state index in [1.165, 1.54) is 30.3 Å². The Morgan fingerprint density at radius 2 is 2.09 bits per heavy atom. The molecular formula is C17H12BrFO4. The molecule has 0 unspecified atom stereocenters. The SMILES string of the molecule is CCOC(=O)c1c(-c2cc(Br)ccc2F)oc2ccc(O)cc12. The Bertz CT molecular complexity index is 901. The maximum Gasteiger partial charge on any atom is 0.342 e. The number of hydrogen-bond donors (Lipinski definition) is 1. The van der Waals surface area contributed by atoms with E-state index in [4.69, 9.17) is 9.15 Å². The predicted molar refractivity (Wildman–Crippen MR) is 86.9 cm³/mol. The number of benzene rings is 2. The van der Waals surface area contributed by atoms with E-state index >= 15 is 0 Å². The molecule has 1 heterocycles. The van der Waals surface area contributed by atoms with E-state index in [1.807, 2.05) is 0 Å². The van der Waals surface area contributed by atoms with E-state index in [-0.39, 0.29) is 29.2 Å². The molecule has 4 nitrogen and oxygen atoms in total. The van der Waals surface area contributed by atoms with Crippen LogP contribution in [0.5, 0.6) is 5.75 Å². The van der Waals surface area contributed by atoms with Crippen LogP contribution in [0.25, 0.3) is 22.3 Å². The van der Waals surface area contributed by atoms with E-state index in [2.05, 4.69) is 15.9 Å². The molecule has 23 heavy (non-hydrogen) atoms. The van der Waals surface area contributed by atoms with Crippen LogP contribution in [0, 0.1) is 5.82 Å². The summed E-state index contributed by atoms with van der Waals surface area (Å²) in [5.41, 5.74) is 0.591. The Hall–Kier alpha value is -2.34. The molecule has 0 atom stereocenters. The van der Waals surface area contributed by atoms with Crippen LogP contribution in [0.3, 0.4) is 0 Å². The summed E-state index contributed by atoms with van der Waals surface area (Å²) >= 11 is 3.28. The minimum atomic E-state index is -0.633. The van der Waals surface area contributed by atoms with Crippen LogP contribution >= 0.6 is 15.9 Å². The number of carbonyl (C=O) groups is 1. The van der Waals surface area contributed by atoms with Crippen LogP contribution in [0.15, 0.2) is 45.3 Å². The zero-order chi connectivity index (χ0) is 16.6. The van der Waals surface area contributed by atoms with Crippen molar-refractivity contribution in [1.29, 1.82) is 0 Å². The molecule has 1 aromatic heterocycles. The van der Waals surface area contributed by atoms with Gasteiger partial charge in [-0.2, -0.15) is 0 Å². The summed E-state index contributed by atoms with van der Waals surface area (Å²) in [5.74, 6) is -1.11. The van der Waals surface area contributed by atoms with Crippen molar-refractivity contribution in [2.45, 2.75) is 6.92 Å². The highest BCUT2D eigenvalue weighted by atomic mass is 79.9. The summed E-state index contributed by atoms with van der Waals surface area (Å²) < 4.78 is 25.6. The highest BCUT2D eigenvalue weighted by Gasteiger charge is 2.25. The maximum absolute atomic E-state index is 14.2. The summed E-state index contributed by atoms with van der Waals surface area (Å²) in [6.07, 6.45) is 0. The number of phenolic OH excluding ortho intramolecular Hbond substituents is 1. The summed E-state index contributed by atoms with van der Waals surface area (Å²) in [6, 6.07) is 8.70. The lowest BCUT2D eigenvalue weighted by Crippen LogP contribution is -2.05. The monoisotopic (exact) mass is 378 g/mol. The molecule has 0 bridgehead atoms. The Morgan fingerprint density at radius 1 is 1.30 bits per heavy atom. The second-order valence-electron chi connectivity index (χ2n) is 4.83. The van der Waals surface area contributed by atoms with Crippen LogP contribution < -0.4 is 0 Å². The van der Waals surface area contributed by atoms with Crippen molar-refractivity contribution in [3.8, 4) is 17.1 Å². The predicted octanol–water partition coefficient (Wildman–Crippen LogP) is 4.88. The van der Waals surface area contributed by atoms with Crippen LogP contribution in [0.1, 0.15) is 17.3 Å². The lowest BCUT2D eigenvalue weighted by molar-refractivity contribution is 0.0529. The summed E-state index contributed by atoms with van der Waals surface area (Å²) in [5, 5.41) is 10.0. The molecule has 0 fully saturated rings. The third kappa shape index (κ3) is 2.82. The number of carbonyl (C=O) groups excluding carboxylic acids is 1. The van der Waals surface area contributed by atoms with Gasteiger partial charge in [0.05, 0.1) is 12.2 Å². The fourth-order valence-corrected chi connectivity index (χ4v) is 2.71. The smallest absolute Gasteiger partial charge is 0.342 e. The number of phenols is 1. The van der Waals surface area contributed by atoms with E-state index in [9.17, 15) is 14.3 Å². The van der Waals surface area contributed by atoms with Gasteiger partial charge in [0.15, 0.2) is 5.76 Å². The number of halogens is 2. The van der Waals surface area contributed by atoms with Crippen LogP contribution in [0.4, 0.5) is 4.39 Å². The molecule has 1 N–H and O–H groups in total. The Morgan fingerprint density at radius 3 is 2.83 bits per heavy atom. The zero-order valence-electron chi connectivity index (χ0n) is 12.1. The first kappa shape index (κ1) is 15.6. The quantitative estimate of drug-likeness (QED) is 0.659. The minimum Gasteiger partial charge on any atom is -0.508 e. The third-order valence-corrected chi connectivity index (χ3v) is 3.82. The second kappa shape index (κ2) is 6.04. The molecule has 118 valence electrons. The number of fused-ring (bicyclic) bond motifs is 1. The van der Waals surface area contributed by atoms with Crippen LogP contribution in [0.2, 0.25) is 0 Å². The molecule has 0 aliphatic rings. The molecule has 0 spiro atoms. The molecule has 0 aliphatic carbocycles. The summed E-state index contributed by atoms with van der Waals surface area (Å²) in [4.78, 5) is 12.3. The lowest BCUT2D eigenvalue weighted by atomic mass is 10.0. The fraction of sp³-hybridized carbons (Fsp3) is 0.118. The lowest BCUT2D eigenvalue weighted by Gasteiger charge is -2.05. The van der Waals surface area contributed by atoms with Crippen molar-refractivity contribution < 1.29 is 23.4 Å². The maximum atomic E-state index is 14.2. The first-order valence-electron chi connectivity index (χ1n) is 6.89. The third-order valence-electron chi connectivity index (χ3n) is 3.32. The number of ether oxygens (including phenoxy) is 1. The van der Waals surface area contributed by atoms with Gasteiger partial charge in [-0.15, -0.1) is 0 Å². The van der Waals surface area contributed by atoms with Gasteiger partial charge >= 0.3 is 5.97 Å². The average Bonchev–Trinajstić information content (AvgIpc) is 2.88. The van der Waals surface area contributed by atoms with Crippen molar-refractivity contribution in [1.82, 2.24) is 0 Å². The molecule has 6 heteroatoms. The van der Waals surface area contributed by atoms with E-state index < -0.39 is 11.8 Å². The van der Waals surface area contributed by atoms with Gasteiger partial charge in [0.1, 0.15) is 22.7 Å². The fourth-order valence-electron chi connectivity index (χ4n) is 2.35. The van der Waals surface area contributed by atoms with Crippen molar-refractivity contribution >= 4 is 32.9 Å². The Kier molecular flexibility index (Phi) is 4.09. The zero-order valence-corrected chi connectivity index (χ0v) is 13.7. The molecule has 3 rings (SSSR count). The van der Waals surface area contributed by atoms with Crippen molar-refractivity contribution in [2.75, 3.05) is 6.61 Å². The molecule has 2 aromatic carbocycles. The van der Waals surface area contributed by atoms with E-state index in [0.717, 1.165) is 0 Å². The number of aromatic hydroxyl groups is 1. The first-order valence-corrected chi connectivity index (χ1v) is 7.68. The van der Waals surface area contributed by atoms with Gasteiger partial charge in [0.2, 0.25) is 0 Å². The highest BCUT2D eigenvalue weighted by molar-refractivity contribution is 9.10. The van der Waals surface area contributed by atoms with Gasteiger partial charge in [-0.25, -0.2) is 9.18 Å². The number of furan rings is 1. The number of rotatable bonds is 3. The molecular weight excluding hydrogens is 367 g/mol. The topological polar surface area (TPSA) is 59.7 Å². The van der Waals surface area contributed by atoms with E-state index in [1.54, 1.807) is 13.0 Å². The highest BCUT2D eigenvalue weighted by Crippen LogP contribution is 2.37. The Labute approximate surface area is 139 Å². The van der Waals surface area contributed by atoms with Gasteiger partial charge < -0.3 is 14.3 Å². The number of esters is 1. The van der Waals surface area contributed by atoms with Gasteiger partial charge in [0.25, 0.3) is 0 Å². The summed E-state index contributed by atoms with van der Waals surface area (Å²) in [6.45, 7) is 1.85. The van der Waals surface area contributed by atoms with Gasteiger partial charge in [0, 0.05) is 9.86 Å². The molecule has 3 aromatic rings. The van der Waals surface area contributed by atoms with Gasteiger partial charge in [-0.3, -0.25) is 0 Å². The molecule has 0 aliphatic heterocycles. The average molecular weight is 379 g/mol. The van der Waals surface area contributed by atoms with Crippen molar-refractivity contribution in [3.63, 3.8) is 0 Å². The van der Waals surface area contributed by atoms with Gasteiger partial charge in [-0.1, -0.05) is 15.9 Å². The van der Waals surface area contributed by atoms with Crippen molar-refractivity contribution in [2.24, 2.45) is 0 Å². The first-order chi connectivity index (χ1) is 11.0. The molecule has 0 amide bonds. The normalized spacial score (nSPS) is 10.9. The van der Waals surface area contributed by atoms with Crippen LogP contribution in [-0.2, 0) is 4.74 Å². The Balaban J connectivity index is 2.33. The van der Waals surface area contributed by atoms with Crippen molar-refractivity contribution in [3.05, 3.63) is 52.3 Å². The number of hydrogen-bond acceptors (Lipinski definition) is 4. The van der Waals surface area contributed by atoms with Gasteiger partial charge in [-0.05, 0) is 43.3 Å². The largest absolute Gasteiger partial charge is 0.508 e. The molecule has 0 radical (unpaired) electrons. The minimum absolute atomic E-state index is 0.0230. The molecule has 0 saturated carbocycles. The second-order valence-corrected chi connectivity index (χ2v) is 5.75.